The van der Waals surface area contributed by atoms with Crippen molar-refractivity contribution >= 4 is 11.7 Å². The zero-order valence-corrected chi connectivity index (χ0v) is 14.2. The predicted molar refractivity (Wildman–Crippen MR) is 83.3 cm³/mol. The molecule has 0 fully saturated rings. The molecule has 0 radical (unpaired) electrons. The molecule has 0 aliphatic heterocycles. The quantitative estimate of drug-likeness (QED) is 0.615. The standard InChI is InChI=1S/C14H17F3N6O3/c1-8-7-12(23(25)26)20-21(8)5-4-18-13(24)10(3)22-9(2)6-11(19-22)14(15,16)17/h6-7,10H,4-5H2,1-3H3,(H,18,24). The van der Waals surface area contributed by atoms with Crippen molar-refractivity contribution in [1.82, 2.24) is 24.9 Å². The molecule has 1 unspecified atom stereocenters. The van der Waals surface area contributed by atoms with Crippen LogP contribution in [0.3, 0.4) is 0 Å². The third-order valence-corrected chi connectivity index (χ3v) is 3.74. The van der Waals surface area contributed by atoms with Gasteiger partial charge in [0, 0.05) is 12.2 Å². The highest BCUT2D eigenvalue weighted by atomic mass is 19.4. The number of amides is 1. The first kappa shape index (κ1) is 19.4. The van der Waals surface area contributed by atoms with E-state index in [1.807, 2.05) is 0 Å². The molecule has 0 saturated heterocycles. The summed E-state index contributed by atoms with van der Waals surface area (Å²) in [6.45, 7) is 4.78. The van der Waals surface area contributed by atoms with Crippen molar-refractivity contribution in [2.24, 2.45) is 0 Å². The van der Waals surface area contributed by atoms with Crippen LogP contribution in [0.2, 0.25) is 0 Å². The van der Waals surface area contributed by atoms with E-state index in [9.17, 15) is 28.1 Å². The van der Waals surface area contributed by atoms with Crippen molar-refractivity contribution in [2.75, 3.05) is 6.54 Å². The van der Waals surface area contributed by atoms with Gasteiger partial charge >= 0.3 is 12.0 Å². The molecule has 12 heteroatoms. The second kappa shape index (κ2) is 7.14. The minimum atomic E-state index is -4.58. The number of carbonyl (C=O) groups excluding carboxylic acids is 1. The second-order valence-corrected chi connectivity index (χ2v) is 5.70. The highest BCUT2D eigenvalue weighted by molar-refractivity contribution is 5.79. The van der Waals surface area contributed by atoms with Crippen LogP contribution in [0.25, 0.3) is 0 Å². The van der Waals surface area contributed by atoms with Gasteiger partial charge in [-0.3, -0.25) is 9.48 Å². The molecule has 9 nitrogen and oxygen atoms in total. The van der Waals surface area contributed by atoms with E-state index in [0.717, 1.165) is 10.7 Å². The molecule has 1 atom stereocenters. The van der Waals surface area contributed by atoms with Crippen LogP contribution in [0.1, 0.15) is 30.0 Å². The number of aromatic nitrogens is 4. The monoisotopic (exact) mass is 374 g/mol. The lowest BCUT2D eigenvalue weighted by molar-refractivity contribution is -0.389. The van der Waals surface area contributed by atoms with Gasteiger partial charge in [0.2, 0.25) is 5.91 Å². The number of rotatable bonds is 6. The Kier molecular flexibility index (Phi) is 5.33. The van der Waals surface area contributed by atoms with Crippen LogP contribution in [0, 0.1) is 24.0 Å². The Morgan fingerprint density at radius 1 is 1.31 bits per heavy atom. The molecule has 0 aliphatic carbocycles. The van der Waals surface area contributed by atoms with Gasteiger partial charge in [-0.2, -0.15) is 23.0 Å². The van der Waals surface area contributed by atoms with Crippen LogP contribution in [0.15, 0.2) is 12.1 Å². The molecule has 2 rings (SSSR count). The first-order valence-corrected chi connectivity index (χ1v) is 7.60. The van der Waals surface area contributed by atoms with Gasteiger partial charge in [-0.1, -0.05) is 0 Å². The van der Waals surface area contributed by atoms with Gasteiger partial charge in [-0.15, -0.1) is 0 Å². The van der Waals surface area contributed by atoms with Gasteiger partial charge in [-0.25, -0.2) is 0 Å². The van der Waals surface area contributed by atoms with Gasteiger partial charge in [0.1, 0.15) is 6.04 Å². The second-order valence-electron chi connectivity index (χ2n) is 5.70. The summed E-state index contributed by atoms with van der Waals surface area (Å²) in [5.41, 5.74) is -0.301. The Balaban J connectivity index is 1.98. The summed E-state index contributed by atoms with van der Waals surface area (Å²) in [5.74, 6) is -0.821. The SMILES string of the molecule is Cc1cc([N+](=O)[O-])nn1CCNC(=O)C(C)n1nc(C(F)(F)F)cc1C. The zero-order valence-electron chi connectivity index (χ0n) is 14.2. The Labute approximate surface area is 145 Å². The molecule has 142 valence electrons. The van der Waals surface area contributed by atoms with E-state index in [0.29, 0.717) is 5.69 Å². The molecule has 2 aromatic rings. The molecule has 2 aromatic heterocycles. The van der Waals surface area contributed by atoms with E-state index < -0.39 is 28.7 Å². The number of nitrogens with one attached hydrogen (secondary N) is 1. The first-order valence-electron chi connectivity index (χ1n) is 7.60. The summed E-state index contributed by atoms with van der Waals surface area (Å²) in [6.07, 6.45) is -4.58. The summed E-state index contributed by atoms with van der Waals surface area (Å²) in [7, 11) is 0. The molecule has 0 saturated carbocycles. The van der Waals surface area contributed by atoms with Crippen LogP contribution < -0.4 is 5.32 Å². The van der Waals surface area contributed by atoms with Crippen LogP contribution in [0.4, 0.5) is 19.0 Å². The molecule has 1 N–H and O–H groups in total. The van der Waals surface area contributed by atoms with Crippen molar-refractivity contribution in [3.63, 3.8) is 0 Å². The highest BCUT2D eigenvalue weighted by Crippen LogP contribution is 2.29. The number of hydrogen-bond donors (Lipinski definition) is 1. The number of carbonyl (C=O) groups is 1. The van der Waals surface area contributed by atoms with Crippen molar-refractivity contribution < 1.29 is 22.9 Å². The molecule has 0 aromatic carbocycles. The average molecular weight is 374 g/mol. The molecule has 2 heterocycles. The molecule has 1 amide bonds. The number of halogens is 3. The number of alkyl halides is 3. The summed E-state index contributed by atoms with van der Waals surface area (Å²) in [5, 5.41) is 20.4. The summed E-state index contributed by atoms with van der Waals surface area (Å²) < 4.78 is 40.5. The van der Waals surface area contributed by atoms with Crippen LogP contribution in [-0.4, -0.2) is 36.9 Å². The molecular formula is C14H17F3N6O3. The van der Waals surface area contributed by atoms with Gasteiger partial charge in [-0.05, 0) is 31.8 Å². The highest BCUT2D eigenvalue weighted by Gasteiger charge is 2.35. The Bertz CT molecular complexity index is 826. The van der Waals surface area contributed by atoms with Gasteiger partial charge < -0.3 is 15.4 Å². The molecule has 0 aliphatic rings. The van der Waals surface area contributed by atoms with E-state index in [1.54, 1.807) is 6.92 Å². The Morgan fingerprint density at radius 2 is 1.96 bits per heavy atom. The number of nitro groups is 1. The van der Waals surface area contributed by atoms with E-state index in [2.05, 4.69) is 15.5 Å². The summed E-state index contributed by atoms with van der Waals surface area (Å²) in [6, 6.07) is 1.23. The van der Waals surface area contributed by atoms with Crippen molar-refractivity contribution in [3.05, 3.63) is 39.3 Å². The van der Waals surface area contributed by atoms with Crippen LogP contribution in [0.5, 0.6) is 0 Å². The molecule has 26 heavy (non-hydrogen) atoms. The predicted octanol–water partition coefficient (Wildman–Crippen LogP) is 2.00. The van der Waals surface area contributed by atoms with Gasteiger partial charge in [0.05, 0.1) is 23.4 Å². The number of aryl methyl sites for hydroxylation is 2. The first-order chi connectivity index (χ1) is 12.0. The van der Waals surface area contributed by atoms with Gasteiger partial charge in [0.15, 0.2) is 5.69 Å². The molecule has 0 spiro atoms. The fourth-order valence-electron chi connectivity index (χ4n) is 2.37. The largest absolute Gasteiger partial charge is 0.435 e. The fourth-order valence-corrected chi connectivity index (χ4v) is 2.37. The van der Waals surface area contributed by atoms with Crippen LogP contribution >= 0.6 is 0 Å². The van der Waals surface area contributed by atoms with Crippen LogP contribution in [-0.2, 0) is 17.5 Å². The van der Waals surface area contributed by atoms with Gasteiger partial charge in [0.25, 0.3) is 0 Å². The van der Waals surface area contributed by atoms with Crippen molar-refractivity contribution in [3.8, 4) is 0 Å². The fraction of sp³-hybridized carbons (Fsp3) is 0.500. The summed E-state index contributed by atoms with van der Waals surface area (Å²) in [4.78, 5) is 22.2. The van der Waals surface area contributed by atoms with E-state index >= 15 is 0 Å². The zero-order chi connectivity index (χ0) is 19.6. The summed E-state index contributed by atoms with van der Waals surface area (Å²) >= 11 is 0. The lowest BCUT2D eigenvalue weighted by Gasteiger charge is -2.14. The van der Waals surface area contributed by atoms with E-state index in [-0.39, 0.29) is 24.6 Å². The molecule has 0 bridgehead atoms. The third kappa shape index (κ3) is 4.18. The smallest absolute Gasteiger partial charge is 0.358 e. The van der Waals surface area contributed by atoms with E-state index in [1.165, 1.54) is 24.6 Å². The van der Waals surface area contributed by atoms with Crippen molar-refractivity contribution in [1.29, 1.82) is 0 Å². The maximum atomic E-state index is 12.7. The number of nitrogens with zero attached hydrogens (tertiary/aromatic N) is 5. The minimum absolute atomic E-state index is 0.106. The normalized spacial score (nSPS) is 12.8. The lowest BCUT2D eigenvalue weighted by Crippen LogP contribution is -2.34. The Hall–Kier alpha value is -2.92. The van der Waals surface area contributed by atoms with E-state index in [4.69, 9.17) is 0 Å². The van der Waals surface area contributed by atoms with Crippen molar-refractivity contribution in [2.45, 2.75) is 39.5 Å². The topological polar surface area (TPSA) is 108 Å². The minimum Gasteiger partial charge on any atom is -0.358 e. The number of hydrogen-bond acceptors (Lipinski definition) is 5. The maximum Gasteiger partial charge on any atom is 0.435 e. The Morgan fingerprint density at radius 3 is 2.46 bits per heavy atom. The average Bonchev–Trinajstić information content (AvgIpc) is 3.10. The maximum absolute atomic E-state index is 12.7. The third-order valence-electron chi connectivity index (χ3n) is 3.74. The lowest BCUT2D eigenvalue weighted by atomic mass is 10.3. The molecular weight excluding hydrogens is 357 g/mol.